The largest absolute Gasteiger partial charge is 0.392 e. The molecule has 4 rings (SSSR count). The zero-order chi connectivity index (χ0) is 20.7. The number of hydrogen-bond donors (Lipinski definition) is 5. The van der Waals surface area contributed by atoms with Crippen LogP contribution in [-0.2, 0) is 6.61 Å². The lowest BCUT2D eigenvalue weighted by molar-refractivity contribution is 0.0825. The van der Waals surface area contributed by atoms with Crippen molar-refractivity contribution in [1.29, 1.82) is 22.1 Å². The van der Waals surface area contributed by atoms with Crippen molar-refractivity contribution in [3.63, 3.8) is 0 Å². The molecule has 0 unspecified atom stereocenters. The van der Waals surface area contributed by atoms with Gasteiger partial charge in [-0.15, -0.1) is 0 Å². The van der Waals surface area contributed by atoms with E-state index in [1.165, 1.54) is 0 Å². The van der Waals surface area contributed by atoms with Gasteiger partial charge >= 0.3 is 0 Å². The molecule has 3 aromatic carbocycles. The van der Waals surface area contributed by atoms with Crippen LogP contribution < -0.4 is 9.82 Å². The summed E-state index contributed by atoms with van der Waals surface area (Å²) < 4.78 is 0. The van der Waals surface area contributed by atoms with Gasteiger partial charge in [0, 0.05) is 16.5 Å². The molecule has 0 fully saturated rings. The first-order valence-corrected chi connectivity index (χ1v) is 7.95. The summed E-state index contributed by atoms with van der Waals surface area (Å²) in [5.41, 5.74) is 25.8. The van der Waals surface area contributed by atoms with Crippen LogP contribution in [0.1, 0.15) is 26.3 Å². The van der Waals surface area contributed by atoms with Crippen LogP contribution in [0.15, 0.2) is 54.6 Å². The molecule has 1 aliphatic rings. The van der Waals surface area contributed by atoms with Crippen LogP contribution in [0.4, 0.5) is 0 Å². The maximum absolute atomic E-state index is 12.0. The fraction of sp³-hybridized carbons (Fsp3) is 0.0526. The molecular formula is C19H16N6O3+2. The van der Waals surface area contributed by atoms with Gasteiger partial charge in [-0.25, -0.2) is 0 Å². The average Bonchev–Trinajstić information content (AvgIpc) is 2.96. The number of Topliss-reactive ketones (excluding diaryl/α,β-unsaturated/α-hetero) is 2. The van der Waals surface area contributed by atoms with Crippen LogP contribution in [0.25, 0.3) is 21.9 Å². The minimum absolute atomic E-state index is 0.00706. The SMILES string of the molecule is N=[N+]=N.N=[N+]=N.O=C1C(=O)c2ccc(-c3ccc(CO)cc3)c3cccc1c23. The quantitative estimate of drug-likeness (QED) is 0.261. The summed E-state index contributed by atoms with van der Waals surface area (Å²) in [7, 11) is 0. The first-order chi connectivity index (χ1) is 13.5. The zero-order valence-electron chi connectivity index (χ0n) is 14.6. The van der Waals surface area contributed by atoms with E-state index in [0.29, 0.717) is 11.1 Å². The van der Waals surface area contributed by atoms with Crippen molar-refractivity contribution in [1.82, 2.24) is 9.82 Å². The Kier molecular flexibility index (Phi) is 6.46. The summed E-state index contributed by atoms with van der Waals surface area (Å²) >= 11 is 0. The fourth-order valence-corrected chi connectivity index (χ4v) is 3.07. The van der Waals surface area contributed by atoms with Crippen LogP contribution in [0.3, 0.4) is 0 Å². The number of benzene rings is 3. The summed E-state index contributed by atoms with van der Waals surface area (Å²) in [5.74, 6) is -0.846. The van der Waals surface area contributed by atoms with Crippen molar-refractivity contribution in [2.75, 3.05) is 0 Å². The van der Waals surface area contributed by atoms with Gasteiger partial charge in [-0.05, 0) is 28.1 Å². The molecule has 0 aromatic heterocycles. The summed E-state index contributed by atoms with van der Waals surface area (Å²) in [6.07, 6.45) is 0. The molecule has 28 heavy (non-hydrogen) atoms. The maximum atomic E-state index is 12.0. The molecule has 0 spiro atoms. The van der Waals surface area contributed by atoms with Gasteiger partial charge in [0.15, 0.2) is 0 Å². The Morgan fingerprint density at radius 2 is 1.21 bits per heavy atom. The van der Waals surface area contributed by atoms with Crippen molar-refractivity contribution in [3.8, 4) is 11.1 Å². The van der Waals surface area contributed by atoms with Crippen LogP contribution in [0, 0.1) is 22.1 Å². The van der Waals surface area contributed by atoms with Gasteiger partial charge in [0.2, 0.25) is 21.4 Å². The third kappa shape index (κ3) is 3.67. The molecule has 0 saturated carbocycles. The van der Waals surface area contributed by atoms with Gasteiger partial charge < -0.3 is 5.11 Å². The lowest BCUT2D eigenvalue weighted by Crippen LogP contribution is -2.05. The predicted molar refractivity (Wildman–Crippen MR) is 99.1 cm³/mol. The molecule has 0 radical (unpaired) electrons. The van der Waals surface area contributed by atoms with Crippen LogP contribution in [0.2, 0.25) is 0 Å². The molecule has 0 aliphatic heterocycles. The highest BCUT2D eigenvalue weighted by Crippen LogP contribution is 2.37. The molecule has 0 saturated heterocycles. The zero-order valence-corrected chi connectivity index (χ0v) is 14.6. The second kappa shape index (κ2) is 8.98. The lowest BCUT2D eigenvalue weighted by Gasteiger charge is -2.09. The van der Waals surface area contributed by atoms with E-state index in [2.05, 4.69) is 0 Å². The molecule has 138 valence electrons. The highest BCUT2D eigenvalue weighted by Gasteiger charge is 2.31. The van der Waals surface area contributed by atoms with Gasteiger partial charge in [-0.2, -0.15) is 0 Å². The number of carbonyl (C=O) groups excluding carboxylic acids is 2. The number of carbonyl (C=O) groups is 2. The Hall–Kier alpha value is -4.16. The number of rotatable bonds is 2. The Morgan fingerprint density at radius 1 is 0.714 bits per heavy atom. The first-order valence-electron chi connectivity index (χ1n) is 7.95. The van der Waals surface area contributed by atoms with E-state index in [4.69, 9.17) is 27.2 Å². The number of aliphatic hydroxyl groups is 1. The van der Waals surface area contributed by atoms with Crippen LogP contribution in [-0.4, -0.2) is 16.7 Å². The fourth-order valence-electron chi connectivity index (χ4n) is 3.07. The van der Waals surface area contributed by atoms with Gasteiger partial charge in [-0.1, -0.05) is 48.5 Å². The van der Waals surface area contributed by atoms with Gasteiger partial charge in [-0.3, -0.25) is 9.59 Å². The number of aliphatic hydroxyl groups excluding tert-OH is 1. The van der Waals surface area contributed by atoms with Crippen molar-refractivity contribution in [3.05, 3.63) is 71.3 Å². The second-order valence-electron chi connectivity index (χ2n) is 5.63. The molecule has 0 bridgehead atoms. The number of ketones is 2. The average molecular weight is 376 g/mol. The van der Waals surface area contributed by atoms with Crippen molar-refractivity contribution in [2.24, 2.45) is 0 Å². The molecule has 1 aliphatic carbocycles. The number of nitrogens with one attached hydrogen (secondary N) is 4. The van der Waals surface area contributed by atoms with Gasteiger partial charge in [0.25, 0.3) is 0 Å². The lowest BCUT2D eigenvalue weighted by atomic mass is 9.95. The van der Waals surface area contributed by atoms with E-state index in [1.54, 1.807) is 12.1 Å². The van der Waals surface area contributed by atoms with Crippen LogP contribution in [0.5, 0.6) is 0 Å². The summed E-state index contributed by atoms with van der Waals surface area (Å²) in [4.78, 5) is 28.1. The number of nitrogens with zero attached hydrogens (tertiary/aromatic N) is 2. The molecule has 9 nitrogen and oxygen atoms in total. The van der Waals surface area contributed by atoms with E-state index < -0.39 is 11.6 Å². The molecule has 9 heteroatoms. The highest BCUT2D eigenvalue weighted by atomic mass is 16.3. The molecule has 0 atom stereocenters. The summed E-state index contributed by atoms with van der Waals surface area (Å²) in [6.45, 7) is 0.00706. The van der Waals surface area contributed by atoms with E-state index in [9.17, 15) is 9.59 Å². The number of hydrogen-bond acceptors (Lipinski definition) is 7. The topological polar surface area (TPSA) is 178 Å². The minimum atomic E-state index is -0.423. The Bertz CT molecular complexity index is 1090. The smallest absolute Gasteiger partial charge is 0.234 e. The minimum Gasteiger partial charge on any atom is -0.392 e. The monoisotopic (exact) mass is 376 g/mol. The molecular weight excluding hydrogens is 360 g/mol. The third-order valence-electron chi connectivity index (χ3n) is 4.18. The van der Waals surface area contributed by atoms with Crippen LogP contribution >= 0.6 is 0 Å². The van der Waals surface area contributed by atoms with Gasteiger partial charge in [0.1, 0.15) is 22.1 Å². The second-order valence-corrected chi connectivity index (χ2v) is 5.63. The van der Waals surface area contributed by atoms with E-state index in [1.807, 2.05) is 52.3 Å². The first kappa shape index (κ1) is 20.2. The predicted octanol–water partition coefficient (Wildman–Crippen LogP) is 3.61. The van der Waals surface area contributed by atoms with Crippen molar-refractivity contribution >= 4 is 22.3 Å². The van der Waals surface area contributed by atoms with E-state index in [-0.39, 0.29) is 6.61 Å². The molecule has 0 heterocycles. The third-order valence-corrected chi connectivity index (χ3v) is 4.18. The Labute approximate surface area is 158 Å². The molecule has 5 N–H and O–H groups in total. The molecule has 0 amide bonds. The Morgan fingerprint density at radius 3 is 1.75 bits per heavy atom. The normalized spacial score (nSPS) is 10.9. The maximum Gasteiger partial charge on any atom is 0.234 e. The van der Waals surface area contributed by atoms with Crippen molar-refractivity contribution in [2.45, 2.75) is 6.61 Å². The molecule has 3 aromatic rings. The Balaban J connectivity index is 0.000000418. The van der Waals surface area contributed by atoms with E-state index >= 15 is 0 Å². The standard InChI is InChI=1S/C19H12O3.2H2N3/c20-10-11-4-6-12(7-5-11)13-8-9-16-17-14(13)2-1-3-15(17)18(21)19(16)22;2*1-3-2/h1-9,20H,10H2;2*1-2H/q;2*+1. The summed E-state index contributed by atoms with van der Waals surface area (Å²) in [5, 5.41) is 10.8. The van der Waals surface area contributed by atoms with Crippen molar-refractivity contribution < 1.29 is 14.7 Å². The summed E-state index contributed by atoms with van der Waals surface area (Å²) in [6, 6.07) is 16.7. The van der Waals surface area contributed by atoms with E-state index in [0.717, 1.165) is 27.5 Å². The van der Waals surface area contributed by atoms with Gasteiger partial charge in [0.05, 0.1) is 6.61 Å². The highest BCUT2D eigenvalue weighted by molar-refractivity contribution is 6.57.